The third kappa shape index (κ3) is 3.09. The van der Waals surface area contributed by atoms with Gasteiger partial charge >= 0.3 is 0 Å². The first-order valence-corrected chi connectivity index (χ1v) is 7.53. The average molecular weight is 295 g/mol. The molecule has 1 aliphatic carbocycles. The molecule has 1 fully saturated rings. The lowest BCUT2D eigenvalue weighted by Gasteiger charge is -2.36. The van der Waals surface area contributed by atoms with Gasteiger partial charge in [-0.1, -0.05) is 12.5 Å². The average Bonchev–Trinajstić information content (AvgIpc) is 2.46. The monoisotopic (exact) mass is 295 g/mol. The number of hydrogen-bond acceptors (Lipinski definition) is 1. The number of amides is 1. The Labute approximate surface area is 125 Å². The molecule has 0 unspecified atom stereocenters. The Balaban J connectivity index is 2.34. The van der Waals surface area contributed by atoms with Crippen molar-refractivity contribution in [3.05, 3.63) is 35.7 Å². The van der Waals surface area contributed by atoms with Crippen LogP contribution in [-0.2, 0) is 4.79 Å². The lowest BCUT2D eigenvalue weighted by Crippen LogP contribution is -2.47. The molecule has 0 atom stereocenters. The molecule has 2 nitrogen and oxygen atoms in total. The van der Waals surface area contributed by atoms with Crippen molar-refractivity contribution < 1.29 is 13.6 Å². The van der Waals surface area contributed by atoms with Gasteiger partial charge < -0.3 is 0 Å². The van der Waals surface area contributed by atoms with Crippen molar-refractivity contribution >= 4 is 5.91 Å². The van der Waals surface area contributed by atoms with E-state index in [1.54, 1.807) is 12.3 Å². The standard InChI is InChI=1S/C17H23F2NO/c1-16(2,17(3,18)19)15(21)20-12-8-7-11-14(20)13-9-5-4-6-10-13/h7-8,11-12H,4-6,9-10H2,1-3H3. The fourth-order valence-corrected chi connectivity index (χ4v) is 2.63. The van der Waals surface area contributed by atoms with Crippen molar-refractivity contribution in [3.63, 3.8) is 0 Å². The van der Waals surface area contributed by atoms with Crippen LogP contribution in [0.2, 0.25) is 0 Å². The zero-order chi connectivity index (χ0) is 15.7. The number of alkyl halides is 2. The molecule has 2 aliphatic rings. The number of carbonyl (C=O) groups is 1. The van der Waals surface area contributed by atoms with E-state index in [9.17, 15) is 13.6 Å². The smallest absolute Gasteiger partial charge is 0.259 e. The Kier molecular flexibility index (Phi) is 4.35. The molecule has 1 heterocycles. The first kappa shape index (κ1) is 15.9. The van der Waals surface area contributed by atoms with Crippen molar-refractivity contribution in [1.82, 2.24) is 4.90 Å². The summed E-state index contributed by atoms with van der Waals surface area (Å²) in [6.07, 6.45) is 12.3. The number of carbonyl (C=O) groups excluding carboxylic acids is 1. The molecule has 1 saturated carbocycles. The van der Waals surface area contributed by atoms with Crippen molar-refractivity contribution in [2.75, 3.05) is 0 Å². The van der Waals surface area contributed by atoms with Crippen molar-refractivity contribution in [3.8, 4) is 0 Å². The van der Waals surface area contributed by atoms with E-state index >= 15 is 0 Å². The zero-order valence-corrected chi connectivity index (χ0v) is 13.0. The molecule has 116 valence electrons. The summed E-state index contributed by atoms with van der Waals surface area (Å²) in [6, 6.07) is 0. The fourth-order valence-electron chi connectivity index (χ4n) is 2.63. The minimum atomic E-state index is -3.07. The van der Waals surface area contributed by atoms with E-state index in [4.69, 9.17) is 0 Å². The molecule has 2 rings (SSSR count). The molecule has 0 saturated heterocycles. The van der Waals surface area contributed by atoms with Crippen molar-refractivity contribution in [1.29, 1.82) is 0 Å². The number of hydrogen-bond donors (Lipinski definition) is 0. The minimum Gasteiger partial charge on any atom is -0.287 e. The molecular weight excluding hydrogens is 272 g/mol. The minimum absolute atomic E-state index is 0.552. The Morgan fingerprint density at radius 1 is 1.10 bits per heavy atom. The second kappa shape index (κ2) is 5.74. The van der Waals surface area contributed by atoms with Crippen LogP contribution in [0, 0.1) is 5.41 Å². The Bertz CT molecular complexity index is 501. The van der Waals surface area contributed by atoms with Gasteiger partial charge in [0, 0.05) is 18.8 Å². The molecule has 21 heavy (non-hydrogen) atoms. The molecule has 0 N–H and O–H groups in total. The molecule has 4 heteroatoms. The summed E-state index contributed by atoms with van der Waals surface area (Å²) in [5, 5.41) is 0. The van der Waals surface area contributed by atoms with Crippen LogP contribution in [0.3, 0.4) is 0 Å². The van der Waals surface area contributed by atoms with Crippen LogP contribution in [-0.4, -0.2) is 16.7 Å². The highest BCUT2D eigenvalue weighted by molar-refractivity contribution is 5.86. The molecule has 0 aromatic carbocycles. The summed E-state index contributed by atoms with van der Waals surface area (Å²) in [7, 11) is 0. The van der Waals surface area contributed by atoms with E-state index in [1.165, 1.54) is 30.7 Å². The molecule has 1 amide bonds. The van der Waals surface area contributed by atoms with Gasteiger partial charge in [-0.3, -0.25) is 9.69 Å². The molecule has 0 aromatic heterocycles. The predicted octanol–water partition coefficient (Wildman–Crippen LogP) is 4.80. The molecule has 0 radical (unpaired) electrons. The maximum absolute atomic E-state index is 13.8. The van der Waals surface area contributed by atoms with Crippen LogP contribution in [0.4, 0.5) is 8.78 Å². The van der Waals surface area contributed by atoms with Gasteiger partial charge in [-0.15, -0.1) is 0 Å². The fraction of sp³-hybridized carbons (Fsp3) is 0.588. The van der Waals surface area contributed by atoms with Gasteiger partial charge in [-0.2, -0.15) is 0 Å². The van der Waals surface area contributed by atoms with Crippen LogP contribution in [0.15, 0.2) is 35.7 Å². The van der Waals surface area contributed by atoms with E-state index in [0.717, 1.165) is 38.3 Å². The largest absolute Gasteiger partial charge is 0.287 e. The number of halogens is 2. The first-order valence-electron chi connectivity index (χ1n) is 7.53. The quantitative estimate of drug-likeness (QED) is 0.716. The summed E-state index contributed by atoms with van der Waals surface area (Å²) in [5.74, 6) is -3.62. The SMILES string of the molecule is CC(F)(F)C(C)(C)C(=O)N1C=CC=CC1=C1CCCCC1. The number of nitrogens with zero attached hydrogens (tertiary/aromatic N) is 1. The van der Waals surface area contributed by atoms with Crippen molar-refractivity contribution in [2.45, 2.75) is 58.8 Å². The Morgan fingerprint density at radius 3 is 2.29 bits per heavy atom. The van der Waals surface area contributed by atoms with Crippen LogP contribution < -0.4 is 0 Å². The Hall–Kier alpha value is -1.45. The highest BCUT2D eigenvalue weighted by atomic mass is 19.3. The van der Waals surface area contributed by atoms with Crippen LogP contribution >= 0.6 is 0 Å². The third-order valence-electron chi connectivity index (χ3n) is 4.53. The van der Waals surface area contributed by atoms with E-state index in [1.807, 2.05) is 12.2 Å². The lowest BCUT2D eigenvalue weighted by atomic mass is 9.84. The number of rotatable bonds is 2. The topological polar surface area (TPSA) is 20.3 Å². The summed E-state index contributed by atoms with van der Waals surface area (Å²) in [6.45, 7) is 3.43. The van der Waals surface area contributed by atoms with Crippen molar-refractivity contribution in [2.24, 2.45) is 5.41 Å². The highest BCUT2D eigenvalue weighted by Gasteiger charge is 2.50. The third-order valence-corrected chi connectivity index (χ3v) is 4.53. The maximum atomic E-state index is 13.8. The van der Waals surface area contributed by atoms with Gasteiger partial charge in [0.05, 0.1) is 0 Å². The second-order valence-corrected chi connectivity index (χ2v) is 6.44. The van der Waals surface area contributed by atoms with Gasteiger partial charge in [0.15, 0.2) is 0 Å². The van der Waals surface area contributed by atoms with Gasteiger partial charge in [0.1, 0.15) is 5.41 Å². The summed E-state index contributed by atoms with van der Waals surface area (Å²) in [4.78, 5) is 14.1. The number of allylic oxidation sites excluding steroid dienone is 4. The maximum Gasteiger partial charge on any atom is 0.259 e. The normalized spacial score (nSPS) is 20.1. The van der Waals surface area contributed by atoms with E-state index in [0.29, 0.717) is 0 Å². The molecule has 1 aliphatic heterocycles. The predicted molar refractivity (Wildman–Crippen MR) is 79.6 cm³/mol. The molecule has 0 spiro atoms. The Morgan fingerprint density at radius 2 is 1.71 bits per heavy atom. The summed E-state index contributed by atoms with van der Waals surface area (Å²) in [5.41, 5.74) is 0.258. The highest BCUT2D eigenvalue weighted by Crippen LogP contribution is 2.40. The molecule has 0 bridgehead atoms. The molecule has 0 aromatic rings. The summed E-state index contributed by atoms with van der Waals surface area (Å²) < 4.78 is 27.5. The molecular formula is C17H23F2NO. The lowest BCUT2D eigenvalue weighted by molar-refractivity contribution is -0.158. The first-order chi connectivity index (χ1) is 9.75. The van der Waals surface area contributed by atoms with Gasteiger partial charge in [-0.05, 0) is 57.3 Å². The van der Waals surface area contributed by atoms with E-state index < -0.39 is 17.2 Å². The van der Waals surface area contributed by atoms with Crippen LogP contribution in [0.1, 0.15) is 52.9 Å². The van der Waals surface area contributed by atoms with Gasteiger partial charge in [0.2, 0.25) is 5.91 Å². The van der Waals surface area contributed by atoms with E-state index in [-0.39, 0.29) is 0 Å². The summed E-state index contributed by atoms with van der Waals surface area (Å²) >= 11 is 0. The van der Waals surface area contributed by atoms with Gasteiger partial charge in [0.25, 0.3) is 5.92 Å². The van der Waals surface area contributed by atoms with Crippen LogP contribution in [0.25, 0.3) is 0 Å². The zero-order valence-electron chi connectivity index (χ0n) is 13.0. The van der Waals surface area contributed by atoms with E-state index in [2.05, 4.69) is 0 Å². The second-order valence-electron chi connectivity index (χ2n) is 6.44. The van der Waals surface area contributed by atoms with Gasteiger partial charge in [-0.25, -0.2) is 8.78 Å². The van der Waals surface area contributed by atoms with Crippen LogP contribution in [0.5, 0.6) is 0 Å².